The summed E-state index contributed by atoms with van der Waals surface area (Å²) in [5.41, 5.74) is 0. The first-order valence-corrected chi connectivity index (χ1v) is 8.15. The average molecular weight is 323 g/mol. The van der Waals surface area contributed by atoms with E-state index in [1.807, 2.05) is 24.3 Å². The molecule has 1 aliphatic heterocycles. The second-order valence-electron chi connectivity index (χ2n) is 5.19. The van der Waals surface area contributed by atoms with Crippen LogP contribution in [0.3, 0.4) is 0 Å². The lowest BCUT2D eigenvalue weighted by Gasteiger charge is -2.36. The molecule has 2 rings (SSSR count). The van der Waals surface area contributed by atoms with E-state index in [1.54, 1.807) is 7.11 Å². The Labute approximate surface area is 138 Å². The van der Waals surface area contributed by atoms with Gasteiger partial charge in [-0.3, -0.25) is 4.90 Å². The average Bonchev–Trinajstić information content (AvgIpc) is 2.56. The van der Waals surface area contributed by atoms with Gasteiger partial charge >= 0.3 is 0 Å². The molecule has 1 aliphatic rings. The van der Waals surface area contributed by atoms with Crippen molar-refractivity contribution in [2.45, 2.75) is 6.92 Å². The number of hydrogen-bond acceptors (Lipinski definition) is 4. The van der Waals surface area contributed by atoms with Crippen LogP contribution >= 0.6 is 12.2 Å². The maximum Gasteiger partial charge on any atom is 0.169 e. The monoisotopic (exact) mass is 323 g/mol. The molecule has 5 nitrogen and oxygen atoms in total. The first-order valence-electron chi connectivity index (χ1n) is 7.75. The van der Waals surface area contributed by atoms with Crippen LogP contribution in [0, 0.1) is 0 Å². The summed E-state index contributed by atoms with van der Waals surface area (Å²) in [6.07, 6.45) is 0. The van der Waals surface area contributed by atoms with E-state index in [0.717, 1.165) is 55.9 Å². The van der Waals surface area contributed by atoms with Gasteiger partial charge in [0.1, 0.15) is 18.1 Å². The Balaban J connectivity index is 1.65. The number of ether oxygens (including phenoxy) is 2. The number of thiocarbonyl (C=S) groups is 1. The lowest BCUT2D eigenvalue weighted by Crippen LogP contribution is -2.52. The second-order valence-corrected chi connectivity index (χ2v) is 5.57. The molecule has 0 saturated carbocycles. The molecule has 0 unspecified atom stereocenters. The standard InChI is InChI=1S/C16H25N3O2S/c1-3-17-16(22)19-10-8-18(9-11-19)12-13-21-15-6-4-14(20-2)5-7-15/h4-7H,3,8-13H2,1-2H3,(H,17,22). The van der Waals surface area contributed by atoms with Crippen molar-refractivity contribution in [1.82, 2.24) is 15.1 Å². The molecule has 0 aliphatic carbocycles. The molecule has 1 N–H and O–H groups in total. The van der Waals surface area contributed by atoms with Gasteiger partial charge in [-0.2, -0.15) is 0 Å². The van der Waals surface area contributed by atoms with E-state index >= 15 is 0 Å². The summed E-state index contributed by atoms with van der Waals surface area (Å²) in [5.74, 6) is 1.73. The highest BCUT2D eigenvalue weighted by molar-refractivity contribution is 7.80. The highest BCUT2D eigenvalue weighted by Crippen LogP contribution is 2.16. The predicted octanol–water partition coefficient (Wildman–Crippen LogP) is 1.59. The molecule has 0 amide bonds. The van der Waals surface area contributed by atoms with Gasteiger partial charge in [-0.05, 0) is 43.4 Å². The van der Waals surface area contributed by atoms with Crippen LogP contribution in [0.4, 0.5) is 0 Å². The zero-order valence-electron chi connectivity index (χ0n) is 13.4. The lowest BCUT2D eigenvalue weighted by atomic mass is 10.3. The topological polar surface area (TPSA) is 37.0 Å². The van der Waals surface area contributed by atoms with Gasteiger partial charge in [0.25, 0.3) is 0 Å². The predicted molar refractivity (Wildman–Crippen MR) is 92.8 cm³/mol. The first kappa shape index (κ1) is 16.8. The smallest absolute Gasteiger partial charge is 0.169 e. The summed E-state index contributed by atoms with van der Waals surface area (Å²) >= 11 is 5.34. The van der Waals surface area contributed by atoms with Gasteiger partial charge in [-0.25, -0.2) is 0 Å². The van der Waals surface area contributed by atoms with Crippen LogP contribution in [0.15, 0.2) is 24.3 Å². The number of hydrogen-bond donors (Lipinski definition) is 1. The Kier molecular flexibility index (Phi) is 6.74. The highest BCUT2D eigenvalue weighted by atomic mass is 32.1. The molecule has 0 atom stereocenters. The van der Waals surface area contributed by atoms with Crippen molar-refractivity contribution in [3.63, 3.8) is 0 Å². The minimum absolute atomic E-state index is 0.698. The van der Waals surface area contributed by atoms with Crippen molar-refractivity contribution < 1.29 is 9.47 Å². The summed E-state index contributed by atoms with van der Waals surface area (Å²) in [6.45, 7) is 8.60. The van der Waals surface area contributed by atoms with E-state index in [2.05, 4.69) is 22.0 Å². The third-order valence-corrected chi connectivity index (χ3v) is 4.13. The SMILES string of the molecule is CCNC(=S)N1CCN(CCOc2ccc(OC)cc2)CC1. The molecule has 22 heavy (non-hydrogen) atoms. The summed E-state index contributed by atoms with van der Waals surface area (Å²) in [7, 11) is 1.66. The van der Waals surface area contributed by atoms with Crippen LogP contribution in [0.5, 0.6) is 11.5 Å². The summed E-state index contributed by atoms with van der Waals surface area (Å²) < 4.78 is 10.9. The summed E-state index contributed by atoms with van der Waals surface area (Å²) in [5, 5.41) is 4.08. The van der Waals surface area contributed by atoms with E-state index < -0.39 is 0 Å². The first-order chi connectivity index (χ1) is 10.7. The Morgan fingerprint density at radius 2 is 1.77 bits per heavy atom. The number of benzene rings is 1. The second kappa shape index (κ2) is 8.80. The fourth-order valence-corrected chi connectivity index (χ4v) is 2.73. The quantitative estimate of drug-likeness (QED) is 0.801. The highest BCUT2D eigenvalue weighted by Gasteiger charge is 2.18. The molecule has 0 spiro atoms. The van der Waals surface area contributed by atoms with Crippen molar-refractivity contribution in [2.24, 2.45) is 0 Å². The minimum Gasteiger partial charge on any atom is -0.497 e. The van der Waals surface area contributed by atoms with Gasteiger partial charge in [0.05, 0.1) is 7.11 Å². The van der Waals surface area contributed by atoms with E-state index in [0.29, 0.717) is 6.61 Å². The largest absolute Gasteiger partial charge is 0.497 e. The molecule has 1 aromatic carbocycles. The molecule has 0 radical (unpaired) electrons. The van der Waals surface area contributed by atoms with Crippen molar-refractivity contribution in [3.8, 4) is 11.5 Å². The fraction of sp³-hybridized carbons (Fsp3) is 0.562. The molecular weight excluding hydrogens is 298 g/mol. The van der Waals surface area contributed by atoms with Crippen LogP contribution in [0.2, 0.25) is 0 Å². The van der Waals surface area contributed by atoms with Crippen LogP contribution in [0.1, 0.15) is 6.92 Å². The molecule has 6 heteroatoms. The Morgan fingerprint density at radius 1 is 1.14 bits per heavy atom. The molecule has 122 valence electrons. The zero-order valence-corrected chi connectivity index (χ0v) is 14.2. The van der Waals surface area contributed by atoms with Gasteiger partial charge in [-0.1, -0.05) is 0 Å². The van der Waals surface area contributed by atoms with Gasteiger partial charge in [0, 0.05) is 39.3 Å². The third kappa shape index (κ3) is 5.03. The zero-order chi connectivity index (χ0) is 15.8. The van der Waals surface area contributed by atoms with Crippen molar-refractivity contribution >= 4 is 17.3 Å². The maximum atomic E-state index is 5.77. The third-order valence-electron chi connectivity index (χ3n) is 3.72. The van der Waals surface area contributed by atoms with Gasteiger partial charge in [0.15, 0.2) is 5.11 Å². The van der Waals surface area contributed by atoms with E-state index in [-0.39, 0.29) is 0 Å². The van der Waals surface area contributed by atoms with E-state index in [1.165, 1.54) is 0 Å². The summed E-state index contributed by atoms with van der Waals surface area (Å²) in [4.78, 5) is 4.65. The fourth-order valence-electron chi connectivity index (χ4n) is 2.40. The Bertz CT molecular complexity index is 459. The molecular formula is C16H25N3O2S. The van der Waals surface area contributed by atoms with Crippen molar-refractivity contribution in [3.05, 3.63) is 24.3 Å². The van der Waals surface area contributed by atoms with Gasteiger partial charge in [-0.15, -0.1) is 0 Å². The van der Waals surface area contributed by atoms with Crippen LogP contribution < -0.4 is 14.8 Å². The van der Waals surface area contributed by atoms with Gasteiger partial charge in [0.2, 0.25) is 0 Å². The molecule has 1 fully saturated rings. The van der Waals surface area contributed by atoms with Crippen molar-refractivity contribution in [1.29, 1.82) is 0 Å². The lowest BCUT2D eigenvalue weighted by molar-refractivity contribution is 0.153. The van der Waals surface area contributed by atoms with Crippen LogP contribution in [-0.2, 0) is 0 Å². The van der Waals surface area contributed by atoms with Crippen LogP contribution in [-0.4, -0.2) is 67.9 Å². The molecule has 0 aromatic heterocycles. The number of nitrogens with zero attached hydrogens (tertiary/aromatic N) is 2. The molecule has 1 saturated heterocycles. The normalized spacial score (nSPS) is 15.5. The van der Waals surface area contributed by atoms with Gasteiger partial charge < -0.3 is 19.7 Å². The number of piperazine rings is 1. The van der Waals surface area contributed by atoms with Crippen LogP contribution in [0.25, 0.3) is 0 Å². The van der Waals surface area contributed by atoms with Crippen molar-refractivity contribution in [2.75, 3.05) is 53.0 Å². The van der Waals surface area contributed by atoms with E-state index in [4.69, 9.17) is 21.7 Å². The molecule has 1 heterocycles. The molecule has 1 aromatic rings. The molecule has 0 bridgehead atoms. The van der Waals surface area contributed by atoms with E-state index in [9.17, 15) is 0 Å². The number of nitrogens with one attached hydrogen (secondary N) is 1. The minimum atomic E-state index is 0.698. The number of rotatable bonds is 6. The number of methoxy groups -OCH3 is 1. The Morgan fingerprint density at radius 3 is 2.36 bits per heavy atom. The summed E-state index contributed by atoms with van der Waals surface area (Å²) in [6, 6.07) is 7.70. The maximum absolute atomic E-state index is 5.77. The Hall–Kier alpha value is -1.53.